The molecule has 110 valence electrons. The number of carbonyl (C=O) groups excluding carboxylic acids is 1. The third kappa shape index (κ3) is 4.11. The van der Waals surface area contributed by atoms with E-state index in [1.54, 1.807) is 0 Å². The van der Waals surface area contributed by atoms with Crippen LogP contribution in [0.1, 0.15) is 16.8 Å². The quantitative estimate of drug-likeness (QED) is 0.454. The van der Waals surface area contributed by atoms with Crippen molar-refractivity contribution in [2.45, 2.75) is 6.42 Å². The average molecular weight is 279 g/mol. The molecular weight excluding hydrogens is 258 g/mol. The Hall–Kier alpha value is -1.79. The van der Waals surface area contributed by atoms with Crippen LogP contribution in [0.3, 0.4) is 0 Å². The lowest BCUT2D eigenvalue weighted by Crippen LogP contribution is -2.44. The number of benzene rings is 1. The van der Waals surface area contributed by atoms with Gasteiger partial charge in [-0.25, -0.2) is 0 Å². The lowest BCUT2D eigenvalue weighted by molar-refractivity contribution is 0.0951. The number of hydrogen-bond donors (Lipinski definition) is 4. The Morgan fingerprint density at radius 3 is 2.70 bits per heavy atom. The van der Waals surface area contributed by atoms with Gasteiger partial charge < -0.3 is 25.7 Å². The highest BCUT2D eigenvalue weighted by atomic mass is 16.3. The highest BCUT2D eigenvalue weighted by molar-refractivity contribution is 5.94. The molecule has 1 amide bonds. The summed E-state index contributed by atoms with van der Waals surface area (Å²) in [4.78, 5) is 14.2. The van der Waals surface area contributed by atoms with E-state index in [4.69, 9.17) is 0 Å². The molecule has 1 fully saturated rings. The van der Waals surface area contributed by atoms with Gasteiger partial charge in [0, 0.05) is 38.3 Å². The molecule has 1 heterocycles. The number of hydrogen-bond acceptors (Lipinski definition) is 5. The van der Waals surface area contributed by atoms with Gasteiger partial charge in [0.25, 0.3) is 5.91 Å². The second-order valence-electron chi connectivity index (χ2n) is 4.90. The van der Waals surface area contributed by atoms with Crippen LogP contribution in [0.5, 0.6) is 11.5 Å². The monoisotopic (exact) mass is 279 g/mol. The molecule has 1 aromatic carbocycles. The standard InChI is InChI=1S/C14H21N3O3/c18-12-3-2-11(10-13(12)19)14(20)16-4-1-7-17-8-5-15-6-9-17/h2-3,10,15,18-19H,1,4-9H2,(H,16,20). The van der Waals surface area contributed by atoms with Crippen molar-refractivity contribution >= 4 is 5.91 Å². The summed E-state index contributed by atoms with van der Waals surface area (Å²) in [7, 11) is 0. The number of phenolic OH excluding ortho intramolecular Hbond substituents is 2. The first-order valence-electron chi connectivity index (χ1n) is 6.90. The maximum absolute atomic E-state index is 11.8. The molecule has 4 N–H and O–H groups in total. The van der Waals surface area contributed by atoms with Crippen molar-refractivity contribution in [2.24, 2.45) is 0 Å². The van der Waals surface area contributed by atoms with Gasteiger partial charge in [-0.2, -0.15) is 0 Å². The van der Waals surface area contributed by atoms with Gasteiger partial charge in [0.15, 0.2) is 11.5 Å². The average Bonchev–Trinajstić information content (AvgIpc) is 2.47. The lowest BCUT2D eigenvalue weighted by atomic mass is 10.2. The third-order valence-corrected chi connectivity index (χ3v) is 3.38. The number of piperazine rings is 1. The summed E-state index contributed by atoms with van der Waals surface area (Å²) in [5, 5.41) is 24.7. The minimum Gasteiger partial charge on any atom is -0.504 e. The Labute approximate surface area is 118 Å². The molecule has 1 aliphatic heterocycles. The summed E-state index contributed by atoms with van der Waals surface area (Å²) < 4.78 is 0. The zero-order valence-corrected chi connectivity index (χ0v) is 11.4. The number of phenols is 2. The van der Waals surface area contributed by atoms with E-state index >= 15 is 0 Å². The Kier molecular flexibility index (Phi) is 5.20. The second-order valence-corrected chi connectivity index (χ2v) is 4.90. The fraction of sp³-hybridized carbons (Fsp3) is 0.500. The Bertz CT molecular complexity index is 459. The van der Waals surface area contributed by atoms with Gasteiger partial charge in [0.1, 0.15) is 0 Å². The molecule has 0 saturated carbocycles. The number of nitrogens with zero attached hydrogens (tertiary/aromatic N) is 1. The van der Waals surface area contributed by atoms with Gasteiger partial charge in [-0.3, -0.25) is 4.79 Å². The van der Waals surface area contributed by atoms with E-state index in [-0.39, 0.29) is 17.4 Å². The van der Waals surface area contributed by atoms with Crippen molar-refractivity contribution < 1.29 is 15.0 Å². The van der Waals surface area contributed by atoms with E-state index in [9.17, 15) is 15.0 Å². The van der Waals surface area contributed by atoms with Crippen LogP contribution >= 0.6 is 0 Å². The van der Waals surface area contributed by atoms with Gasteiger partial charge in [0.05, 0.1) is 0 Å². The molecule has 1 aromatic rings. The van der Waals surface area contributed by atoms with Crippen molar-refractivity contribution in [3.8, 4) is 11.5 Å². The fourth-order valence-electron chi connectivity index (χ4n) is 2.21. The Morgan fingerprint density at radius 1 is 1.25 bits per heavy atom. The molecule has 20 heavy (non-hydrogen) atoms. The highest BCUT2D eigenvalue weighted by Gasteiger charge is 2.10. The summed E-state index contributed by atoms with van der Waals surface area (Å²) in [5.41, 5.74) is 0.350. The minimum atomic E-state index is -0.279. The van der Waals surface area contributed by atoms with Crippen LogP contribution < -0.4 is 10.6 Å². The first-order valence-corrected chi connectivity index (χ1v) is 6.90. The number of amides is 1. The van der Waals surface area contributed by atoms with E-state index < -0.39 is 0 Å². The van der Waals surface area contributed by atoms with Crippen molar-refractivity contribution in [3.63, 3.8) is 0 Å². The van der Waals surface area contributed by atoms with Gasteiger partial charge >= 0.3 is 0 Å². The normalized spacial score (nSPS) is 16.0. The van der Waals surface area contributed by atoms with Crippen molar-refractivity contribution in [1.82, 2.24) is 15.5 Å². The molecule has 0 spiro atoms. The van der Waals surface area contributed by atoms with E-state index in [2.05, 4.69) is 15.5 Å². The van der Waals surface area contributed by atoms with Crippen LogP contribution in [-0.2, 0) is 0 Å². The molecule has 0 aromatic heterocycles. The van der Waals surface area contributed by atoms with Gasteiger partial charge in [0.2, 0.25) is 0 Å². The molecular formula is C14H21N3O3. The first-order chi connectivity index (χ1) is 9.66. The van der Waals surface area contributed by atoms with Crippen LogP contribution in [0.15, 0.2) is 18.2 Å². The Balaban J connectivity index is 1.70. The maximum atomic E-state index is 11.8. The van der Waals surface area contributed by atoms with Crippen LogP contribution in [0.25, 0.3) is 0 Å². The number of nitrogens with one attached hydrogen (secondary N) is 2. The second kappa shape index (κ2) is 7.12. The Morgan fingerprint density at radius 2 is 2.00 bits per heavy atom. The summed E-state index contributed by atoms with van der Waals surface area (Å²) in [6.07, 6.45) is 0.899. The minimum absolute atomic E-state index is 0.222. The van der Waals surface area contributed by atoms with Crippen LogP contribution in [-0.4, -0.2) is 60.3 Å². The highest BCUT2D eigenvalue weighted by Crippen LogP contribution is 2.24. The molecule has 6 nitrogen and oxygen atoms in total. The maximum Gasteiger partial charge on any atom is 0.251 e. The summed E-state index contributed by atoms with van der Waals surface area (Å²) in [6, 6.07) is 4.06. The van der Waals surface area contributed by atoms with E-state index in [0.29, 0.717) is 12.1 Å². The molecule has 2 rings (SSSR count). The molecule has 0 radical (unpaired) electrons. The van der Waals surface area contributed by atoms with Crippen LogP contribution in [0, 0.1) is 0 Å². The van der Waals surface area contributed by atoms with Crippen LogP contribution in [0.2, 0.25) is 0 Å². The molecule has 0 atom stereocenters. The predicted molar refractivity (Wildman–Crippen MR) is 76.0 cm³/mol. The fourth-order valence-corrected chi connectivity index (χ4v) is 2.21. The SMILES string of the molecule is O=C(NCCCN1CCNCC1)c1ccc(O)c(O)c1. The van der Waals surface area contributed by atoms with Crippen molar-refractivity contribution in [1.29, 1.82) is 0 Å². The number of carbonyl (C=O) groups is 1. The predicted octanol–water partition coefficient (Wildman–Crippen LogP) is 0.123. The van der Waals surface area contributed by atoms with E-state index in [0.717, 1.165) is 39.1 Å². The van der Waals surface area contributed by atoms with Crippen molar-refractivity contribution in [3.05, 3.63) is 23.8 Å². The van der Waals surface area contributed by atoms with Gasteiger partial charge in [-0.1, -0.05) is 0 Å². The third-order valence-electron chi connectivity index (χ3n) is 3.38. The van der Waals surface area contributed by atoms with E-state index in [1.165, 1.54) is 18.2 Å². The summed E-state index contributed by atoms with van der Waals surface area (Å²) in [5.74, 6) is -0.737. The van der Waals surface area contributed by atoms with E-state index in [1.807, 2.05) is 0 Å². The molecule has 1 aliphatic rings. The summed E-state index contributed by atoms with van der Waals surface area (Å²) >= 11 is 0. The first kappa shape index (κ1) is 14.6. The van der Waals surface area contributed by atoms with Crippen LogP contribution in [0.4, 0.5) is 0 Å². The largest absolute Gasteiger partial charge is 0.504 e. The lowest BCUT2D eigenvalue weighted by Gasteiger charge is -2.27. The zero-order chi connectivity index (χ0) is 14.4. The molecule has 0 unspecified atom stereocenters. The number of rotatable bonds is 5. The van der Waals surface area contributed by atoms with Crippen molar-refractivity contribution in [2.75, 3.05) is 39.3 Å². The molecule has 0 bridgehead atoms. The summed E-state index contributed by atoms with van der Waals surface area (Å²) in [6.45, 7) is 5.74. The van der Waals surface area contributed by atoms with Gasteiger partial charge in [-0.05, 0) is 31.2 Å². The van der Waals surface area contributed by atoms with Gasteiger partial charge in [-0.15, -0.1) is 0 Å². The molecule has 1 saturated heterocycles. The topological polar surface area (TPSA) is 84.8 Å². The number of aromatic hydroxyl groups is 2. The molecule has 6 heteroatoms. The smallest absolute Gasteiger partial charge is 0.251 e. The molecule has 0 aliphatic carbocycles. The zero-order valence-electron chi connectivity index (χ0n) is 11.4.